The van der Waals surface area contributed by atoms with E-state index in [2.05, 4.69) is 18.7 Å². The van der Waals surface area contributed by atoms with Gasteiger partial charge in [0, 0.05) is 26.2 Å². The molecule has 0 N–H and O–H groups in total. The molecule has 166 valence electrons. The van der Waals surface area contributed by atoms with E-state index >= 15 is 0 Å². The summed E-state index contributed by atoms with van der Waals surface area (Å²) in [6.07, 6.45) is 0.756. The van der Waals surface area contributed by atoms with Crippen LogP contribution in [0.5, 0.6) is 5.75 Å². The van der Waals surface area contributed by atoms with E-state index in [0.717, 1.165) is 25.1 Å². The van der Waals surface area contributed by atoms with Crippen LogP contribution in [-0.4, -0.2) is 72.9 Å². The van der Waals surface area contributed by atoms with Gasteiger partial charge in [-0.2, -0.15) is 0 Å². The fourth-order valence-corrected chi connectivity index (χ4v) is 4.24. The van der Waals surface area contributed by atoms with E-state index in [1.54, 1.807) is 19.2 Å². The maximum Gasteiger partial charge on any atom is 0.257 e. The van der Waals surface area contributed by atoms with Gasteiger partial charge in [-0.05, 0) is 37.2 Å². The van der Waals surface area contributed by atoms with Gasteiger partial charge in [-0.1, -0.05) is 56.3 Å². The highest BCUT2D eigenvalue weighted by Gasteiger charge is 2.32. The van der Waals surface area contributed by atoms with Gasteiger partial charge in [-0.3, -0.25) is 14.5 Å². The van der Waals surface area contributed by atoms with E-state index < -0.39 is 0 Å². The molecule has 6 heteroatoms. The number of hydrogen-bond donors (Lipinski definition) is 0. The zero-order valence-electron chi connectivity index (χ0n) is 18.8. The summed E-state index contributed by atoms with van der Waals surface area (Å²) in [5.41, 5.74) is 1.58. The van der Waals surface area contributed by atoms with Crippen LogP contribution in [0.4, 0.5) is 0 Å². The Labute approximate surface area is 185 Å². The SMILES string of the molecule is CCN(CC)C(C(=O)N1CCCN(C(=O)c2ccccc2OC)CC1)c1ccccc1. The summed E-state index contributed by atoms with van der Waals surface area (Å²) in [7, 11) is 1.58. The minimum atomic E-state index is -0.298. The minimum Gasteiger partial charge on any atom is -0.496 e. The third-order valence-corrected chi connectivity index (χ3v) is 5.96. The van der Waals surface area contributed by atoms with Gasteiger partial charge in [-0.25, -0.2) is 0 Å². The quantitative estimate of drug-likeness (QED) is 0.685. The standard InChI is InChI=1S/C25H33N3O3/c1-4-26(5-2)23(20-12-7-6-8-13-20)25(30)28-17-11-16-27(18-19-28)24(29)21-14-9-10-15-22(21)31-3/h6-10,12-15,23H,4-5,11,16-19H2,1-3H3. The van der Waals surface area contributed by atoms with Gasteiger partial charge in [0.25, 0.3) is 5.91 Å². The van der Waals surface area contributed by atoms with Crippen LogP contribution in [-0.2, 0) is 4.79 Å². The minimum absolute atomic E-state index is 0.0462. The molecule has 1 aliphatic heterocycles. The van der Waals surface area contributed by atoms with Crippen LogP contribution in [0.2, 0.25) is 0 Å². The van der Waals surface area contributed by atoms with Gasteiger partial charge < -0.3 is 14.5 Å². The Morgan fingerprint density at radius 3 is 2.19 bits per heavy atom. The second-order valence-electron chi connectivity index (χ2n) is 7.71. The molecule has 1 atom stereocenters. The highest BCUT2D eigenvalue weighted by atomic mass is 16.5. The Morgan fingerprint density at radius 2 is 1.52 bits per heavy atom. The van der Waals surface area contributed by atoms with Crippen molar-refractivity contribution >= 4 is 11.8 Å². The first-order chi connectivity index (χ1) is 15.1. The maximum atomic E-state index is 13.6. The van der Waals surface area contributed by atoms with Gasteiger partial charge >= 0.3 is 0 Å². The molecule has 0 aromatic heterocycles. The van der Waals surface area contributed by atoms with Gasteiger partial charge in [-0.15, -0.1) is 0 Å². The number of likely N-dealkylation sites (N-methyl/N-ethyl adjacent to an activating group) is 1. The van der Waals surface area contributed by atoms with Gasteiger partial charge in [0.05, 0.1) is 12.7 Å². The molecule has 0 spiro atoms. The monoisotopic (exact) mass is 423 g/mol. The van der Waals surface area contributed by atoms with Gasteiger partial charge in [0.2, 0.25) is 5.91 Å². The second kappa shape index (κ2) is 11.0. The molecule has 31 heavy (non-hydrogen) atoms. The fourth-order valence-electron chi connectivity index (χ4n) is 4.24. The average Bonchev–Trinajstić information content (AvgIpc) is 3.08. The van der Waals surface area contributed by atoms with Gasteiger partial charge in [0.1, 0.15) is 11.8 Å². The van der Waals surface area contributed by atoms with Crippen LogP contribution in [0.1, 0.15) is 42.2 Å². The molecule has 1 aliphatic rings. The van der Waals surface area contributed by atoms with Crippen molar-refractivity contribution in [1.29, 1.82) is 0 Å². The van der Waals surface area contributed by atoms with E-state index in [4.69, 9.17) is 4.74 Å². The highest BCUT2D eigenvalue weighted by Crippen LogP contribution is 2.25. The highest BCUT2D eigenvalue weighted by molar-refractivity contribution is 5.97. The Hall–Kier alpha value is -2.86. The Bertz CT molecular complexity index is 867. The van der Waals surface area contributed by atoms with Crippen LogP contribution in [0, 0.1) is 0 Å². The number of methoxy groups -OCH3 is 1. The van der Waals surface area contributed by atoms with Crippen molar-refractivity contribution < 1.29 is 14.3 Å². The first-order valence-corrected chi connectivity index (χ1v) is 11.1. The summed E-state index contributed by atoms with van der Waals surface area (Å²) in [6.45, 7) is 8.10. The summed E-state index contributed by atoms with van der Waals surface area (Å²) in [5.74, 6) is 0.645. The lowest BCUT2D eigenvalue weighted by molar-refractivity contribution is -0.137. The summed E-state index contributed by atoms with van der Waals surface area (Å²) in [4.78, 5) is 32.7. The van der Waals surface area contributed by atoms with Crippen molar-refractivity contribution in [3.8, 4) is 5.75 Å². The summed E-state index contributed by atoms with van der Waals surface area (Å²) >= 11 is 0. The van der Waals surface area contributed by atoms with Crippen molar-refractivity contribution in [2.24, 2.45) is 0 Å². The van der Waals surface area contributed by atoms with Crippen LogP contribution >= 0.6 is 0 Å². The van der Waals surface area contributed by atoms with Crippen molar-refractivity contribution in [3.63, 3.8) is 0 Å². The number of para-hydroxylation sites is 1. The van der Waals surface area contributed by atoms with Crippen LogP contribution < -0.4 is 4.74 Å². The van der Waals surface area contributed by atoms with Crippen molar-refractivity contribution in [3.05, 3.63) is 65.7 Å². The van der Waals surface area contributed by atoms with E-state index in [1.165, 1.54) is 0 Å². The van der Waals surface area contributed by atoms with E-state index in [0.29, 0.717) is 37.5 Å². The zero-order valence-corrected chi connectivity index (χ0v) is 18.8. The molecule has 0 aliphatic carbocycles. The molecule has 1 unspecified atom stereocenters. The van der Waals surface area contributed by atoms with Crippen molar-refractivity contribution in [1.82, 2.24) is 14.7 Å². The molecule has 2 aromatic rings. The summed E-state index contributed by atoms with van der Waals surface area (Å²) < 4.78 is 5.36. The third kappa shape index (κ3) is 5.25. The zero-order chi connectivity index (χ0) is 22.2. The molecular weight excluding hydrogens is 390 g/mol. The molecule has 2 amide bonds. The molecule has 1 fully saturated rings. The number of rotatable bonds is 7. The lowest BCUT2D eigenvalue weighted by Crippen LogP contribution is -2.44. The predicted octanol–water partition coefficient (Wildman–Crippen LogP) is 3.45. The van der Waals surface area contributed by atoms with Crippen molar-refractivity contribution in [2.75, 3.05) is 46.4 Å². The second-order valence-corrected chi connectivity index (χ2v) is 7.71. The Kier molecular flexibility index (Phi) is 8.06. The number of carbonyl (C=O) groups excluding carboxylic acids is 2. The van der Waals surface area contributed by atoms with Crippen LogP contribution in [0.25, 0.3) is 0 Å². The first kappa shape index (κ1) is 22.8. The van der Waals surface area contributed by atoms with E-state index in [9.17, 15) is 9.59 Å². The molecule has 1 saturated heterocycles. The Balaban J connectivity index is 1.75. The van der Waals surface area contributed by atoms with E-state index in [1.807, 2.05) is 52.3 Å². The lowest BCUT2D eigenvalue weighted by atomic mass is 10.0. The van der Waals surface area contributed by atoms with Crippen molar-refractivity contribution in [2.45, 2.75) is 26.3 Å². The summed E-state index contributed by atoms with van der Waals surface area (Å²) in [6, 6.07) is 17.0. The predicted molar refractivity (Wildman–Crippen MR) is 122 cm³/mol. The molecule has 3 rings (SSSR count). The number of benzene rings is 2. The molecule has 2 aromatic carbocycles. The summed E-state index contributed by atoms with van der Waals surface area (Å²) in [5, 5.41) is 0. The topological polar surface area (TPSA) is 53.1 Å². The number of hydrogen-bond acceptors (Lipinski definition) is 4. The lowest BCUT2D eigenvalue weighted by Gasteiger charge is -2.33. The smallest absolute Gasteiger partial charge is 0.257 e. The number of nitrogens with zero attached hydrogens (tertiary/aromatic N) is 3. The molecule has 0 saturated carbocycles. The normalized spacial score (nSPS) is 15.5. The molecule has 0 radical (unpaired) electrons. The molecule has 6 nitrogen and oxygen atoms in total. The van der Waals surface area contributed by atoms with Crippen LogP contribution in [0.15, 0.2) is 54.6 Å². The first-order valence-electron chi connectivity index (χ1n) is 11.1. The van der Waals surface area contributed by atoms with E-state index in [-0.39, 0.29) is 17.9 Å². The maximum absolute atomic E-state index is 13.6. The molecule has 0 bridgehead atoms. The number of amides is 2. The molecular formula is C25H33N3O3. The largest absolute Gasteiger partial charge is 0.496 e. The third-order valence-electron chi connectivity index (χ3n) is 5.96. The average molecular weight is 424 g/mol. The molecule has 1 heterocycles. The number of carbonyl (C=O) groups is 2. The Morgan fingerprint density at radius 1 is 0.903 bits per heavy atom. The fraction of sp³-hybridized carbons (Fsp3) is 0.440. The number of ether oxygens (including phenoxy) is 1. The van der Waals surface area contributed by atoms with Crippen LogP contribution in [0.3, 0.4) is 0 Å². The van der Waals surface area contributed by atoms with Gasteiger partial charge in [0.15, 0.2) is 0 Å².